The van der Waals surface area contributed by atoms with Crippen molar-refractivity contribution >= 4 is 23.6 Å². The highest BCUT2D eigenvalue weighted by Crippen LogP contribution is 2.46. The molecule has 1 amide bonds. The van der Waals surface area contributed by atoms with Gasteiger partial charge in [-0.1, -0.05) is 31.0 Å². The third-order valence-electron chi connectivity index (χ3n) is 3.45. The Bertz CT molecular complexity index is 469. The van der Waals surface area contributed by atoms with Gasteiger partial charge in [-0.2, -0.15) is 0 Å². The van der Waals surface area contributed by atoms with Gasteiger partial charge >= 0.3 is 5.97 Å². The van der Waals surface area contributed by atoms with Gasteiger partial charge in [0, 0.05) is 11.9 Å². The van der Waals surface area contributed by atoms with Crippen molar-refractivity contribution in [3.8, 4) is 0 Å². The minimum absolute atomic E-state index is 0.202. The standard InChI is InChI=1S/C15H19NO3S/c1-16-13(17)11-19-14(18)15(9-5-6-10-15)20-12-7-3-2-4-8-12/h2-4,7-8H,5-6,9-11H2,1H3,(H,16,17). The number of carbonyl (C=O) groups is 2. The smallest absolute Gasteiger partial charge is 0.323 e. The molecule has 5 heteroatoms. The topological polar surface area (TPSA) is 55.4 Å². The molecule has 20 heavy (non-hydrogen) atoms. The normalized spacial score (nSPS) is 16.6. The first-order valence-corrected chi connectivity index (χ1v) is 7.60. The van der Waals surface area contributed by atoms with Gasteiger partial charge in [-0.25, -0.2) is 0 Å². The zero-order valence-electron chi connectivity index (χ0n) is 11.6. The van der Waals surface area contributed by atoms with Gasteiger partial charge in [0.05, 0.1) is 0 Å². The molecule has 0 bridgehead atoms. The van der Waals surface area contributed by atoms with Gasteiger partial charge in [0.15, 0.2) is 6.61 Å². The molecule has 0 spiro atoms. The number of benzene rings is 1. The van der Waals surface area contributed by atoms with Crippen molar-refractivity contribution in [1.82, 2.24) is 5.32 Å². The predicted octanol–water partition coefficient (Wildman–Crippen LogP) is 2.38. The van der Waals surface area contributed by atoms with Crippen molar-refractivity contribution < 1.29 is 14.3 Å². The SMILES string of the molecule is CNC(=O)COC(=O)C1(Sc2ccccc2)CCCC1. The Balaban J connectivity index is 2.05. The molecule has 2 rings (SSSR count). The van der Waals surface area contributed by atoms with Crippen LogP contribution in [0.25, 0.3) is 0 Å². The second-order valence-electron chi connectivity index (χ2n) is 4.87. The molecular formula is C15H19NO3S. The Hall–Kier alpha value is -1.49. The average molecular weight is 293 g/mol. The second-order valence-corrected chi connectivity index (χ2v) is 6.32. The third kappa shape index (κ3) is 3.54. The maximum atomic E-state index is 12.4. The number of thioether (sulfide) groups is 1. The van der Waals surface area contributed by atoms with Crippen molar-refractivity contribution in [2.24, 2.45) is 0 Å². The average Bonchev–Trinajstić information content (AvgIpc) is 2.95. The summed E-state index contributed by atoms with van der Waals surface area (Å²) in [4.78, 5) is 24.6. The summed E-state index contributed by atoms with van der Waals surface area (Å²) in [7, 11) is 1.53. The third-order valence-corrected chi connectivity index (χ3v) is 4.93. The zero-order chi connectivity index (χ0) is 14.4. The van der Waals surface area contributed by atoms with Crippen LogP contribution in [-0.2, 0) is 14.3 Å². The molecule has 4 nitrogen and oxygen atoms in total. The minimum atomic E-state index is -0.532. The van der Waals surface area contributed by atoms with Crippen LogP contribution >= 0.6 is 11.8 Å². The van der Waals surface area contributed by atoms with Gasteiger partial charge in [0.2, 0.25) is 0 Å². The maximum absolute atomic E-state index is 12.4. The molecular weight excluding hydrogens is 274 g/mol. The highest BCUT2D eigenvalue weighted by Gasteiger charge is 2.43. The molecule has 0 unspecified atom stereocenters. The van der Waals surface area contributed by atoms with E-state index in [-0.39, 0.29) is 18.5 Å². The van der Waals surface area contributed by atoms with Crippen molar-refractivity contribution in [1.29, 1.82) is 0 Å². The lowest BCUT2D eigenvalue weighted by Gasteiger charge is -2.25. The van der Waals surface area contributed by atoms with Crippen LogP contribution in [0.2, 0.25) is 0 Å². The summed E-state index contributed by atoms with van der Waals surface area (Å²) in [5, 5.41) is 2.45. The van der Waals surface area contributed by atoms with Crippen molar-refractivity contribution in [2.45, 2.75) is 35.3 Å². The molecule has 1 saturated carbocycles. The fourth-order valence-electron chi connectivity index (χ4n) is 2.34. The van der Waals surface area contributed by atoms with Gasteiger partial charge in [-0.15, -0.1) is 11.8 Å². The van der Waals surface area contributed by atoms with E-state index in [4.69, 9.17) is 4.74 Å². The number of nitrogens with one attached hydrogen (secondary N) is 1. The first-order valence-electron chi connectivity index (χ1n) is 6.78. The van der Waals surface area contributed by atoms with Gasteiger partial charge < -0.3 is 10.1 Å². The zero-order valence-corrected chi connectivity index (χ0v) is 12.4. The van der Waals surface area contributed by atoms with Gasteiger partial charge in [-0.3, -0.25) is 9.59 Å². The van der Waals surface area contributed by atoms with Crippen LogP contribution in [0, 0.1) is 0 Å². The van der Waals surface area contributed by atoms with E-state index < -0.39 is 4.75 Å². The molecule has 1 aliphatic rings. The number of esters is 1. The van der Waals surface area contributed by atoms with E-state index in [1.165, 1.54) is 7.05 Å². The van der Waals surface area contributed by atoms with E-state index >= 15 is 0 Å². The highest BCUT2D eigenvalue weighted by molar-refractivity contribution is 8.01. The van der Waals surface area contributed by atoms with E-state index in [0.29, 0.717) is 0 Å². The van der Waals surface area contributed by atoms with E-state index in [0.717, 1.165) is 30.6 Å². The number of ether oxygens (including phenoxy) is 1. The van der Waals surface area contributed by atoms with Crippen molar-refractivity contribution in [2.75, 3.05) is 13.7 Å². The number of hydrogen-bond acceptors (Lipinski definition) is 4. The van der Waals surface area contributed by atoms with Crippen LogP contribution in [0.15, 0.2) is 35.2 Å². The Morgan fingerprint density at radius 2 is 1.90 bits per heavy atom. The summed E-state index contributed by atoms with van der Waals surface area (Å²) in [5.74, 6) is -0.552. The number of likely N-dealkylation sites (N-methyl/N-ethyl adjacent to an activating group) is 1. The van der Waals surface area contributed by atoms with Gasteiger partial charge in [0.25, 0.3) is 5.91 Å². The largest absolute Gasteiger partial charge is 0.455 e. The van der Waals surface area contributed by atoms with Crippen LogP contribution in [0.1, 0.15) is 25.7 Å². The summed E-state index contributed by atoms with van der Waals surface area (Å²) in [6.45, 7) is -0.202. The predicted molar refractivity (Wildman–Crippen MR) is 78.5 cm³/mol. The van der Waals surface area contributed by atoms with Crippen LogP contribution < -0.4 is 5.32 Å². The molecule has 1 N–H and O–H groups in total. The number of hydrogen-bond donors (Lipinski definition) is 1. The van der Waals surface area contributed by atoms with Crippen molar-refractivity contribution in [3.05, 3.63) is 30.3 Å². The minimum Gasteiger partial charge on any atom is -0.455 e. The monoisotopic (exact) mass is 293 g/mol. The summed E-state index contributed by atoms with van der Waals surface area (Å²) < 4.78 is 4.65. The molecule has 1 aromatic rings. The number of rotatable bonds is 5. The molecule has 0 aliphatic heterocycles. The quantitative estimate of drug-likeness (QED) is 0.847. The summed E-state index contributed by atoms with van der Waals surface area (Å²) in [6, 6.07) is 9.87. The summed E-state index contributed by atoms with van der Waals surface area (Å²) >= 11 is 1.56. The molecule has 1 aromatic carbocycles. The molecule has 1 aliphatic carbocycles. The molecule has 0 heterocycles. The van der Waals surface area contributed by atoms with Gasteiger partial charge in [-0.05, 0) is 25.0 Å². The molecule has 0 aromatic heterocycles. The van der Waals surface area contributed by atoms with Crippen LogP contribution in [0.5, 0.6) is 0 Å². The first-order chi connectivity index (χ1) is 9.66. The molecule has 108 valence electrons. The lowest BCUT2D eigenvalue weighted by Crippen LogP contribution is -2.36. The lowest BCUT2D eigenvalue weighted by molar-refractivity contribution is -0.150. The number of amides is 1. The lowest BCUT2D eigenvalue weighted by atomic mass is 10.1. The Kier molecular flexibility index (Phi) is 5.06. The second kappa shape index (κ2) is 6.79. The highest BCUT2D eigenvalue weighted by atomic mass is 32.2. The van der Waals surface area contributed by atoms with E-state index in [9.17, 15) is 9.59 Å². The molecule has 0 saturated heterocycles. The van der Waals surface area contributed by atoms with Crippen LogP contribution in [0.3, 0.4) is 0 Å². The Morgan fingerprint density at radius 1 is 1.25 bits per heavy atom. The number of carbonyl (C=O) groups excluding carboxylic acids is 2. The first kappa shape index (κ1) is 14.9. The fraction of sp³-hybridized carbons (Fsp3) is 0.467. The summed E-state index contributed by atoms with van der Waals surface area (Å²) in [5.41, 5.74) is 0. The van der Waals surface area contributed by atoms with E-state index in [1.54, 1.807) is 11.8 Å². The van der Waals surface area contributed by atoms with Gasteiger partial charge in [0.1, 0.15) is 4.75 Å². The van der Waals surface area contributed by atoms with Crippen LogP contribution in [-0.4, -0.2) is 30.3 Å². The van der Waals surface area contributed by atoms with Crippen LogP contribution in [0.4, 0.5) is 0 Å². The van der Waals surface area contributed by atoms with E-state index in [2.05, 4.69) is 5.32 Å². The molecule has 1 fully saturated rings. The fourth-order valence-corrected chi connectivity index (χ4v) is 3.72. The Labute approximate surface area is 123 Å². The summed E-state index contributed by atoms with van der Waals surface area (Å²) in [6.07, 6.45) is 3.65. The maximum Gasteiger partial charge on any atom is 0.323 e. The molecule has 0 radical (unpaired) electrons. The van der Waals surface area contributed by atoms with E-state index in [1.807, 2.05) is 30.3 Å². The molecule has 0 atom stereocenters. The van der Waals surface area contributed by atoms with Crippen molar-refractivity contribution in [3.63, 3.8) is 0 Å². The Morgan fingerprint density at radius 3 is 2.50 bits per heavy atom.